The van der Waals surface area contributed by atoms with E-state index in [0.717, 1.165) is 32.1 Å². The molecular weight excluding hydrogens is 372 g/mol. The molecule has 1 unspecified atom stereocenters. The number of hydrogen-bond donors (Lipinski definition) is 1. The molecule has 30 heavy (non-hydrogen) atoms. The molecule has 0 saturated heterocycles. The van der Waals surface area contributed by atoms with Crippen LogP contribution in [0.4, 0.5) is 0 Å². The molecule has 0 spiro atoms. The van der Waals surface area contributed by atoms with E-state index in [-0.39, 0.29) is 6.90 Å². The van der Waals surface area contributed by atoms with E-state index >= 15 is 0 Å². The van der Waals surface area contributed by atoms with E-state index in [9.17, 15) is 0 Å². The molecule has 3 nitrogen and oxygen atoms in total. The molecule has 0 bridgehead atoms. The molecule has 3 rings (SSSR count). The Bertz CT molecular complexity index is 787. The monoisotopic (exact) mass is 414 g/mol. The number of benzene rings is 2. The normalized spacial score (nSPS) is 14.4. The highest BCUT2D eigenvalue weighted by Gasteiger charge is 2.24. The number of allylic oxidation sites excluding steroid dienone is 1. The molecule has 0 aliphatic heterocycles. The molecule has 0 radical (unpaired) electrons. The predicted molar refractivity (Wildman–Crippen MR) is 131 cm³/mol. The van der Waals surface area contributed by atoms with E-state index in [0.29, 0.717) is 12.0 Å². The third-order valence-corrected chi connectivity index (χ3v) is 5.90. The fraction of sp³-hybridized carbons (Fsp3) is 0.481. The largest absolute Gasteiger partial charge is 0.490 e. The summed E-state index contributed by atoms with van der Waals surface area (Å²) >= 11 is 0. The SMILES string of the molecule is C=CC1CCc2c(-c3c(C)cc(OC(CCC)CCC)cc3C)cccc21.CO.O.[HH]. The third kappa shape index (κ3) is 5.74. The van der Waals surface area contributed by atoms with Crippen LogP contribution in [0.15, 0.2) is 43.0 Å². The first-order valence-corrected chi connectivity index (χ1v) is 11.1. The Labute approximate surface area is 184 Å². The molecule has 3 heteroatoms. The number of aryl methyl sites for hydroxylation is 2. The standard InChI is InChI=1S/C26H34O.CH4O.H2O.H2/c1-6-10-21(11-7-2)27-22-16-18(4)26(19(5)17-22)25-13-9-12-23-20(8-3)14-15-24(23)25;1-2;;/h8-9,12-13,16-17,20-21H,3,6-7,10-11,14-15H2,1-2,4-5H3;2H,1H3;1H2;1H. The fourth-order valence-corrected chi connectivity index (χ4v) is 4.68. The van der Waals surface area contributed by atoms with Crippen molar-refractivity contribution in [3.63, 3.8) is 0 Å². The Morgan fingerprint density at radius 1 is 1.13 bits per heavy atom. The fourth-order valence-electron chi connectivity index (χ4n) is 4.68. The summed E-state index contributed by atoms with van der Waals surface area (Å²) in [6.07, 6.45) is 9.36. The van der Waals surface area contributed by atoms with Crippen LogP contribution < -0.4 is 4.74 Å². The van der Waals surface area contributed by atoms with Gasteiger partial charge in [0, 0.05) is 14.5 Å². The van der Waals surface area contributed by atoms with Gasteiger partial charge in [-0.15, -0.1) is 6.58 Å². The zero-order valence-corrected chi connectivity index (χ0v) is 19.4. The number of aliphatic hydroxyl groups is 1. The van der Waals surface area contributed by atoms with Crippen LogP contribution in [0, 0.1) is 13.8 Å². The number of fused-ring (bicyclic) bond motifs is 1. The lowest BCUT2D eigenvalue weighted by Gasteiger charge is -2.21. The molecule has 3 N–H and O–H groups in total. The summed E-state index contributed by atoms with van der Waals surface area (Å²) in [7, 11) is 1.00. The van der Waals surface area contributed by atoms with Crippen LogP contribution in [0.1, 0.15) is 75.5 Å². The lowest BCUT2D eigenvalue weighted by atomic mass is 9.89. The van der Waals surface area contributed by atoms with Crippen LogP contribution in [-0.4, -0.2) is 23.8 Å². The summed E-state index contributed by atoms with van der Waals surface area (Å²) in [5.74, 6) is 1.53. The molecule has 1 aliphatic rings. The van der Waals surface area contributed by atoms with Gasteiger partial charge in [0.05, 0.1) is 6.10 Å². The van der Waals surface area contributed by atoms with E-state index in [2.05, 4.69) is 70.7 Å². The van der Waals surface area contributed by atoms with Crippen molar-refractivity contribution < 1.29 is 16.7 Å². The Hall–Kier alpha value is -2.10. The lowest BCUT2D eigenvalue weighted by Crippen LogP contribution is -2.16. The average molecular weight is 415 g/mol. The molecule has 168 valence electrons. The maximum atomic E-state index is 7.00. The van der Waals surface area contributed by atoms with Gasteiger partial charge < -0.3 is 15.3 Å². The Kier molecular flexibility index (Phi) is 10.9. The number of aliphatic hydroxyl groups excluding tert-OH is 1. The minimum absolute atomic E-state index is 0. The molecule has 0 heterocycles. The predicted octanol–water partition coefficient (Wildman–Crippen LogP) is 6.56. The van der Waals surface area contributed by atoms with Crippen LogP contribution in [0.3, 0.4) is 0 Å². The summed E-state index contributed by atoms with van der Waals surface area (Å²) in [5.41, 5.74) is 8.38. The lowest BCUT2D eigenvalue weighted by molar-refractivity contribution is 0.178. The maximum Gasteiger partial charge on any atom is 0.120 e. The quantitative estimate of drug-likeness (QED) is 0.497. The maximum absolute atomic E-state index is 7.00. The van der Waals surface area contributed by atoms with Crippen LogP contribution in [0.2, 0.25) is 0 Å². The molecule has 0 saturated carbocycles. The smallest absolute Gasteiger partial charge is 0.120 e. The van der Waals surface area contributed by atoms with Gasteiger partial charge in [0.25, 0.3) is 0 Å². The van der Waals surface area contributed by atoms with Gasteiger partial charge in [0.1, 0.15) is 5.75 Å². The molecule has 0 aromatic heterocycles. The van der Waals surface area contributed by atoms with Gasteiger partial charge in [-0.3, -0.25) is 0 Å². The summed E-state index contributed by atoms with van der Waals surface area (Å²) in [4.78, 5) is 0. The highest BCUT2D eigenvalue weighted by molar-refractivity contribution is 5.76. The number of rotatable bonds is 8. The van der Waals surface area contributed by atoms with Gasteiger partial charge in [-0.05, 0) is 85.0 Å². The number of ether oxygens (including phenoxy) is 1. The summed E-state index contributed by atoms with van der Waals surface area (Å²) in [6.45, 7) is 13.0. The summed E-state index contributed by atoms with van der Waals surface area (Å²) in [6, 6.07) is 11.2. The van der Waals surface area contributed by atoms with Crippen LogP contribution in [0.5, 0.6) is 5.75 Å². The summed E-state index contributed by atoms with van der Waals surface area (Å²) < 4.78 is 6.36. The first-order valence-electron chi connectivity index (χ1n) is 11.1. The van der Waals surface area contributed by atoms with Crippen molar-refractivity contribution in [1.82, 2.24) is 0 Å². The first-order chi connectivity index (χ1) is 14.1. The molecule has 2 aromatic rings. The molecule has 0 fully saturated rings. The van der Waals surface area contributed by atoms with Gasteiger partial charge in [-0.25, -0.2) is 0 Å². The second kappa shape index (κ2) is 12.6. The zero-order valence-electron chi connectivity index (χ0n) is 19.4. The topological polar surface area (TPSA) is 61.0 Å². The molecule has 0 amide bonds. The second-order valence-electron chi connectivity index (χ2n) is 8.00. The highest BCUT2D eigenvalue weighted by Crippen LogP contribution is 2.42. The Morgan fingerprint density at radius 2 is 1.73 bits per heavy atom. The van der Waals surface area contributed by atoms with E-state index in [1.165, 1.54) is 52.6 Å². The van der Waals surface area contributed by atoms with E-state index < -0.39 is 0 Å². The van der Waals surface area contributed by atoms with Crippen molar-refractivity contribution in [3.05, 3.63) is 65.2 Å². The van der Waals surface area contributed by atoms with Crippen molar-refractivity contribution in [1.29, 1.82) is 0 Å². The minimum Gasteiger partial charge on any atom is -0.490 e. The van der Waals surface area contributed by atoms with Crippen LogP contribution >= 0.6 is 0 Å². The third-order valence-electron chi connectivity index (χ3n) is 5.90. The van der Waals surface area contributed by atoms with Crippen LogP contribution in [-0.2, 0) is 6.42 Å². The summed E-state index contributed by atoms with van der Waals surface area (Å²) in [5, 5.41) is 7.00. The van der Waals surface area contributed by atoms with Gasteiger partial charge in [-0.1, -0.05) is 51.0 Å². The minimum atomic E-state index is 0. The van der Waals surface area contributed by atoms with Crippen molar-refractivity contribution in [2.24, 2.45) is 0 Å². The van der Waals surface area contributed by atoms with Gasteiger partial charge in [-0.2, -0.15) is 0 Å². The van der Waals surface area contributed by atoms with Crippen molar-refractivity contribution >= 4 is 0 Å². The van der Waals surface area contributed by atoms with Crippen molar-refractivity contribution in [2.75, 3.05) is 7.11 Å². The van der Waals surface area contributed by atoms with Crippen molar-refractivity contribution in [3.8, 4) is 16.9 Å². The van der Waals surface area contributed by atoms with E-state index in [1.807, 2.05) is 0 Å². The van der Waals surface area contributed by atoms with Gasteiger partial charge in [0.2, 0.25) is 0 Å². The molecule has 1 atom stereocenters. The second-order valence-corrected chi connectivity index (χ2v) is 8.00. The molecule has 2 aromatic carbocycles. The van der Waals surface area contributed by atoms with E-state index in [4.69, 9.17) is 9.84 Å². The zero-order chi connectivity index (χ0) is 21.4. The first kappa shape index (κ1) is 25.9. The van der Waals surface area contributed by atoms with Gasteiger partial charge in [0.15, 0.2) is 0 Å². The molecule has 1 aliphatic carbocycles. The highest BCUT2D eigenvalue weighted by atomic mass is 16.5. The van der Waals surface area contributed by atoms with Crippen LogP contribution in [0.25, 0.3) is 11.1 Å². The average Bonchev–Trinajstić information content (AvgIpc) is 3.13. The Morgan fingerprint density at radius 3 is 2.27 bits per heavy atom. The van der Waals surface area contributed by atoms with E-state index in [1.54, 1.807) is 0 Å². The molecular formula is C27H42O3. The Balaban J connectivity index is 0.00000219. The van der Waals surface area contributed by atoms with Crippen molar-refractivity contribution in [2.45, 2.75) is 78.2 Å². The number of hydrogen-bond acceptors (Lipinski definition) is 2. The van der Waals surface area contributed by atoms with Gasteiger partial charge >= 0.3 is 0 Å².